The highest BCUT2D eigenvalue weighted by molar-refractivity contribution is 6.04. The number of fused-ring (bicyclic) bond motifs is 1. The number of imide groups is 1. The number of H-pyrrole nitrogens is 1. The lowest BCUT2D eigenvalue weighted by molar-refractivity contribution is -0.143. The number of nitrogens with one attached hydrogen (secondary N) is 3. The SMILES string of the molecule is CO[C@@H](C(=O)N1Cc2[nH]nc(NC(=O)c3ccc(N4CCC(N5CCN(Cc6ccc(C7CCC(=O)NC7=O)c(F)c6)CC5)CC4)cc3)c2C1)c1ccccc1. The zero-order valence-corrected chi connectivity index (χ0v) is 31.5. The van der Waals surface area contributed by atoms with E-state index in [4.69, 9.17) is 4.74 Å². The Morgan fingerprint density at radius 1 is 0.929 bits per heavy atom. The molecular formula is C42H47FN8O5. The van der Waals surface area contributed by atoms with Crippen LogP contribution < -0.4 is 15.5 Å². The molecule has 3 fully saturated rings. The summed E-state index contributed by atoms with van der Waals surface area (Å²) in [5.41, 5.74) is 5.23. The van der Waals surface area contributed by atoms with Crippen molar-refractivity contribution in [3.63, 3.8) is 0 Å². The Kier molecular flexibility index (Phi) is 10.9. The summed E-state index contributed by atoms with van der Waals surface area (Å²) < 4.78 is 20.6. The lowest BCUT2D eigenvalue weighted by Gasteiger charge is -2.43. The van der Waals surface area contributed by atoms with Gasteiger partial charge in [-0.2, -0.15) is 5.10 Å². The minimum atomic E-state index is -0.710. The molecule has 0 spiro atoms. The molecule has 0 radical (unpaired) electrons. The number of anilines is 2. The van der Waals surface area contributed by atoms with Crippen molar-refractivity contribution >= 4 is 35.1 Å². The Bertz CT molecular complexity index is 2080. The number of rotatable bonds is 10. The number of carbonyl (C=O) groups excluding carboxylic acids is 4. The number of amides is 4. The molecule has 3 N–H and O–H groups in total. The first-order valence-electron chi connectivity index (χ1n) is 19.4. The summed E-state index contributed by atoms with van der Waals surface area (Å²) in [6.45, 7) is 6.92. The minimum absolute atomic E-state index is 0.147. The van der Waals surface area contributed by atoms with Crippen LogP contribution in [0.5, 0.6) is 0 Å². The maximum atomic E-state index is 15.1. The van der Waals surface area contributed by atoms with Crippen LogP contribution in [-0.4, -0.2) is 101 Å². The monoisotopic (exact) mass is 762 g/mol. The number of benzene rings is 3. The Hall–Kier alpha value is -5.44. The first-order valence-corrected chi connectivity index (χ1v) is 19.4. The molecule has 14 heteroatoms. The summed E-state index contributed by atoms with van der Waals surface area (Å²) in [6, 6.07) is 22.7. The van der Waals surface area contributed by atoms with Crippen LogP contribution >= 0.6 is 0 Å². The van der Waals surface area contributed by atoms with E-state index in [2.05, 4.69) is 35.5 Å². The molecule has 1 unspecified atom stereocenters. The fourth-order valence-corrected chi connectivity index (χ4v) is 8.55. The molecule has 4 aliphatic heterocycles. The number of piperidine rings is 2. The van der Waals surface area contributed by atoms with Crippen LogP contribution in [-0.2, 0) is 38.8 Å². The van der Waals surface area contributed by atoms with Gasteiger partial charge in [0.25, 0.3) is 11.8 Å². The van der Waals surface area contributed by atoms with Gasteiger partial charge in [-0.05, 0) is 60.7 Å². The van der Waals surface area contributed by atoms with Gasteiger partial charge in [-0.1, -0.05) is 42.5 Å². The van der Waals surface area contributed by atoms with E-state index in [1.54, 1.807) is 11.0 Å². The normalized spacial score (nSPS) is 20.1. The van der Waals surface area contributed by atoms with Crippen molar-refractivity contribution < 1.29 is 28.3 Å². The zero-order valence-electron chi connectivity index (χ0n) is 31.5. The van der Waals surface area contributed by atoms with Crippen molar-refractivity contribution in [3.8, 4) is 0 Å². The highest BCUT2D eigenvalue weighted by Gasteiger charge is 2.34. The maximum absolute atomic E-state index is 15.1. The van der Waals surface area contributed by atoms with E-state index in [-0.39, 0.29) is 30.0 Å². The van der Waals surface area contributed by atoms with E-state index in [9.17, 15) is 19.2 Å². The molecule has 0 aliphatic carbocycles. The fraction of sp³-hybridized carbons (Fsp3) is 0.405. The van der Waals surface area contributed by atoms with Crippen LogP contribution in [0.1, 0.15) is 76.0 Å². The van der Waals surface area contributed by atoms with Crippen LogP contribution in [0.25, 0.3) is 0 Å². The number of aromatic amines is 1. The second kappa shape index (κ2) is 16.3. The van der Waals surface area contributed by atoms with E-state index in [1.165, 1.54) is 13.2 Å². The van der Waals surface area contributed by atoms with Crippen molar-refractivity contribution in [1.82, 2.24) is 30.2 Å². The summed E-state index contributed by atoms with van der Waals surface area (Å²) in [5.74, 6) is -1.72. The number of methoxy groups -OCH3 is 1. The van der Waals surface area contributed by atoms with Gasteiger partial charge in [0.2, 0.25) is 11.8 Å². The van der Waals surface area contributed by atoms with Crippen molar-refractivity contribution in [2.24, 2.45) is 0 Å². The molecule has 0 bridgehead atoms. The average molecular weight is 763 g/mol. The van der Waals surface area contributed by atoms with E-state index in [1.807, 2.05) is 60.7 Å². The molecule has 5 heterocycles. The van der Waals surface area contributed by atoms with Crippen LogP contribution in [0.2, 0.25) is 0 Å². The number of ether oxygens (including phenoxy) is 1. The number of carbonyl (C=O) groups is 4. The standard InChI is InChI=1S/C42H47FN8O5/c1-56-38(28-5-3-2-4-6-28)42(55)51-25-34-36(26-51)46-47-39(34)45-40(53)29-8-10-30(11-9-29)49-17-15-31(16-18-49)50-21-19-48(20-22-50)24-27-7-12-32(35(43)23-27)33-13-14-37(52)44-41(33)54/h2-12,23,31,33,38H,13-22,24-26H2,1H3,(H,44,52,54)(H2,45,46,47,53)/t33?,38-/m1/s1. The topological polar surface area (TPSA) is 143 Å². The molecule has 4 amide bonds. The van der Waals surface area contributed by atoms with Gasteiger partial charge in [0.1, 0.15) is 5.82 Å². The third kappa shape index (κ3) is 7.95. The van der Waals surface area contributed by atoms with Crippen molar-refractivity contribution in [3.05, 3.63) is 112 Å². The number of halogens is 1. The summed E-state index contributed by atoms with van der Waals surface area (Å²) in [4.78, 5) is 59.4. The first-order chi connectivity index (χ1) is 27.2. The smallest absolute Gasteiger partial charge is 0.256 e. The maximum Gasteiger partial charge on any atom is 0.256 e. The number of aromatic nitrogens is 2. The summed E-state index contributed by atoms with van der Waals surface area (Å²) in [5, 5.41) is 12.6. The number of hydrogen-bond acceptors (Lipinski definition) is 9. The zero-order chi connectivity index (χ0) is 38.8. The molecule has 56 heavy (non-hydrogen) atoms. The van der Waals surface area contributed by atoms with Crippen LogP contribution in [0, 0.1) is 5.82 Å². The van der Waals surface area contributed by atoms with Gasteiger partial charge in [-0.3, -0.25) is 39.4 Å². The summed E-state index contributed by atoms with van der Waals surface area (Å²) in [6.07, 6.45) is 1.95. The van der Waals surface area contributed by atoms with Gasteiger partial charge in [-0.15, -0.1) is 0 Å². The Balaban J connectivity index is 0.783. The van der Waals surface area contributed by atoms with Crippen LogP contribution in [0.4, 0.5) is 15.9 Å². The first kappa shape index (κ1) is 37.5. The molecule has 4 aliphatic rings. The molecule has 4 aromatic rings. The van der Waals surface area contributed by atoms with Gasteiger partial charge in [0.05, 0.1) is 24.7 Å². The predicted molar refractivity (Wildman–Crippen MR) is 207 cm³/mol. The molecular weight excluding hydrogens is 716 g/mol. The van der Waals surface area contributed by atoms with Gasteiger partial charge in [0.15, 0.2) is 11.9 Å². The average Bonchev–Trinajstić information content (AvgIpc) is 3.81. The van der Waals surface area contributed by atoms with Crippen molar-refractivity contribution in [2.45, 2.75) is 63.4 Å². The Morgan fingerprint density at radius 2 is 1.68 bits per heavy atom. The molecule has 8 rings (SSSR count). The van der Waals surface area contributed by atoms with Crippen LogP contribution in [0.15, 0.2) is 72.8 Å². The van der Waals surface area contributed by atoms with Gasteiger partial charge < -0.3 is 19.9 Å². The van der Waals surface area contributed by atoms with Crippen LogP contribution in [0.3, 0.4) is 0 Å². The lowest BCUT2D eigenvalue weighted by Crippen LogP contribution is -2.53. The molecule has 1 aromatic heterocycles. The highest BCUT2D eigenvalue weighted by atomic mass is 19.1. The number of nitrogens with zero attached hydrogens (tertiary/aromatic N) is 5. The minimum Gasteiger partial charge on any atom is -0.371 e. The van der Waals surface area contributed by atoms with Crippen molar-refractivity contribution in [1.29, 1.82) is 0 Å². The molecule has 3 aromatic carbocycles. The quantitative estimate of drug-likeness (QED) is 0.201. The predicted octanol–water partition coefficient (Wildman–Crippen LogP) is 4.34. The lowest BCUT2D eigenvalue weighted by atomic mass is 9.89. The molecule has 2 atom stereocenters. The second-order valence-electron chi connectivity index (χ2n) is 15.1. The Morgan fingerprint density at radius 3 is 2.38 bits per heavy atom. The van der Waals surface area contributed by atoms with Gasteiger partial charge in [0, 0.05) is 87.8 Å². The van der Waals surface area contributed by atoms with E-state index in [0.29, 0.717) is 49.0 Å². The van der Waals surface area contributed by atoms with E-state index >= 15 is 4.39 Å². The number of hydrogen-bond donors (Lipinski definition) is 3. The molecule has 3 saturated heterocycles. The Labute approximate surface area is 325 Å². The largest absolute Gasteiger partial charge is 0.371 e. The van der Waals surface area contributed by atoms with Crippen molar-refractivity contribution in [2.75, 3.05) is 56.6 Å². The molecule has 0 saturated carbocycles. The molecule has 13 nitrogen and oxygen atoms in total. The number of piperazine rings is 1. The summed E-state index contributed by atoms with van der Waals surface area (Å²) in [7, 11) is 1.53. The third-order valence-electron chi connectivity index (χ3n) is 11.7. The fourth-order valence-electron chi connectivity index (χ4n) is 8.55. The van der Waals surface area contributed by atoms with E-state index < -0.39 is 17.9 Å². The van der Waals surface area contributed by atoms with Gasteiger partial charge >= 0.3 is 0 Å². The summed E-state index contributed by atoms with van der Waals surface area (Å²) >= 11 is 0. The third-order valence-corrected chi connectivity index (χ3v) is 11.7. The van der Waals surface area contributed by atoms with E-state index in [0.717, 1.165) is 80.2 Å². The molecule has 292 valence electrons. The second-order valence-corrected chi connectivity index (χ2v) is 15.1. The highest BCUT2D eigenvalue weighted by Crippen LogP contribution is 2.32. The van der Waals surface area contributed by atoms with Gasteiger partial charge in [-0.25, -0.2) is 4.39 Å².